The molecule has 4 nitrogen and oxygen atoms in total. The molecule has 1 aromatic rings. The molecule has 2 heterocycles. The van der Waals surface area contributed by atoms with Crippen LogP contribution in [0.2, 0.25) is 0 Å². The van der Waals surface area contributed by atoms with Gasteiger partial charge >= 0.3 is 0 Å². The number of amides is 2. The summed E-state index contributed by atoms with van der Waals surface area (Å²) in [5.41, 5.74) is 1.07. The molecule has 2 aliphatic heterocycles. The standard InChI is InChI=1S/C19H26N2O2S2/c1-13-6-5-9-17-21(13)19(23)15(10-11-25-17)20-18(22)16(24)12-14-7-3-2-4-8-14/h2-4,7-8,13,15-17,24H,5-6,9-12H2,1H3,(H,20,22). The molecule has 0 saturated carbocycles. The zero-order valence-corrected chi connectivity index (χ0v) is 16.3. The molecule has 0 spiro atoms. The van der Waals surface area contributed by atoms with Crippen molar-refractivity contribution < 1.29 is 9.59 Å². The van der Waals surface area contributed by atoms with Crippen molar-refractivity contribution in [3.63, 3.8) is 0 Å². The number of benzene rings is 1. The second-order valence-electron chi connectivity index (χ2n) is 6.91. The van der Waals surface area contributed by atoms with Gasteiger partial charge in [0.1, 0.15) is 6.04 Å². The van der Waals surface area contributed by atoms with E-state index in [0.717, 1.165) is 24.2 Å². The van der Waals surface area contributed by atoms with Crippen LogP contribution in [0, 0.1) is 0 Å². The number of rotatable bonds is 4. The maximum Gasteiger partial charge on any atom is 0.246 e. The highest BCUT2D eigenvalue weighted by atomic mass is 32.2. The summed E-state index contributed by atoms with van der Waals surface area (Å²) >= 11 is 6.31. The van der Waals surface area contributed by atoms with Crippen molar-refractivity contribution in [2.75, 3.05) is 5.75 Å². The lowest BCUT2D eigenvalue weighted by Gasteiger charge is -2.40. The first-order valence-corrected chi connectivity index (χ1v) is 10.6. The first-order valence-electron chi connectivity index (χ1n) is 9.02. The second kappa shape index (κ2) is 8.49. The average Bonchev–Trinajstić information content (AvgIpc) is 2.76. The van der Waals surface area contributed by atoms with Gasteiger partial charge in [0.15, 0.2) is 0 Å². The summed E-state index contributed by atoms with van der Waals surface area (Å²) in [6, 6.07) is 9.68. The summed E-state index contributed by atoms with van der Waals surface area (Å²) in [5, 5.41) is 2.79. The smallest absolute Gasteiger partial charge is 0.246 e. The molecule has 4 unspecified atom stereocenters. The van der Waals surface area contributed by atoms with Crippen molar-refractivity contribution in [1.29, 1.82) is 0 Å². The number of hydrogen-bond acceptors (Lipinski definition) is 4. The molecule has 6 heteroatoms. The van der Waals surface area contributed by atoms with Crippen LogP contribution < -0.4 is 5.32 Å². The molecule has 1 aromatic carbocycles. The lowest BCUT2D eigenvalue weighted by Crippen LogP contribution is -2.55. The number of thiol groups is 1. The van der Waals surface area contributed by atoms with Gasteiger partial charge in [-0.25, -0.2) is 0 Å². The Labute approximate surface area is 159 Å². The van der Waals surface area contributed by atoms with Gasteiger partial charge in [-0.15, -0.1) is 11.8 Å². The van der Waals surface area contributed by atoms with Crippen LogP contribution >= 0.6 is 24.4 Å². The Hall–Kier alpha value is -1.14. The molecule has 0 bridgehead atoms. The van der Waals surface area contributed by atoms with Crippen LogP contribution in [-0.2, 0) is 16.0 Å². The van der Waals surface area contributed by atoms with Crippen LogP contribution in [0.1, 0.15) is 38.2 Å². The third-order valence-corrected chi connectivity index (χ3v) is 6.75. The Kier molecular flexibility index (Phi) is 6.34. The third-order valence-electron chi connectivity index (χ3n) is 5.02. The highest BCUT2D eigenvalue weighted by Gasteiger charge is 2.38. The molecule has 136 valence electrons. The van der Waals surface area contributed by atoms with Crippen molar-refractivity contribution in [2.45, 2.75) is 61.7 Å². The fraction of sp³-hybridized carbons (Fsp3) is 0.579. The lowest BCUT2D eigenvalue weighted by molar-refractivity contribution is -0.139. The maximum absolute atomic E-state index is 13.0. The van der Waals surface area contributed by atoms with Crippen LogP contribution in [0.4, 0.5) is 0 Å². The zero-order chi connectivity index (χ0) is 17.8. The van der Waals surface area contributed by atoms with E-state index in [9.17, 15) is 9.59 Å². The van der Waals surface area contributed by atoms with E-state index in [2.05, 4.69) is 24.9 Å². The molecule has 4 atom stereocenters. The van der Waals surface area contributed by atoms with Crippen LogP contribution in [0.15, 0.2) is 30.3 Å². The fourth-order valence-electron chi connectivity index (χ4n) is 3.63. The van der Waals surface area contributed by atoms with E-state index in [-0.39, 0.29) is 23.2 Å². The van der Waals surface area contributed by atoms with Gasteiger partial charge < -0.3 is 10.2 Å². The van der Waals surface area contributed by atoms with Crippen LogP contribution in [0.25, 0.3) is 0 Å². The summed E-state index contributed by atoms with van der Waals surface area (Å²) in [7, 11) is 0. The number of carbonyl (C=O) groups is 2. The number of nitrogens with one attached hydrogen (secondary N) is 1. The van der Waals surface area contributed by atoms with Gasteiger partial charge in [0.05, 0.1) is 10.6 Å². The van der Waals surface area contributed by atoms with E-state index < -0.39 is 11.3 Å². The van der Waals surface area contributed by atoms with E-state index in [1.807, 2.05) is 47.0 Å². The summed E-state index contributed by atoms with van der Waals surface area (Å²) in [6.07, 6.45) is 4.54. The highest BCUT2D eigenvalue weighted by Crippen LogP contribution is 2.34. The summed E-state index contributed by atoms with van der Waals surface area (Å²) in [4.78, 5) is 27.5. The summed E-state index contributed by atoms with van der Waals surface area (Å²) < 4.78 is 0. The Morgan fingerprint density at radius 2 is 2.08 bits per heavy atom. The first-order chi connectivity index (χ1) is 12.1. The number of fused-ring (bicyclic) bond motifs is 1. The van der Waals surface area contributed by atoms with E-state index in [1.165, 1.54) is 6.42 Å². The predicted octanol–water partition coefficient (Wildman–Crippen LogP) is 2.88. The van der Waals surface area contributed by atoms with Crippen LogP contribution in [0.3, 0.4) is 0 Å². The molecule has 0 radical (unpaired) electrons. The van der Waals surface area contributed by atoms with Gasteiger partial charge in [0.25, 0.3) is 0 Å². The molecule has 0 aliphatic carbocycles. The summed E-state index contributed by atoms with van der Waals surface area (Å²) in [5.74, 6) is 0.829. The van der Waals surface area contributed by atoms with Gasteiger partial charge in [0.2, 0.25) is 11.8 Å². The average molecular weight is 379 g/mol. The Balaban J connectivity index is 1.62. The third kappa shape index (κ3) is 4.53. The van der Waals surface area contributed by atoms with Gasteiger partial charge in [-0.2, -0.15) is 12.6 Å². The Bertz CT molecular complexity index is 611. The lowest BCUT2D eigenvalue weighted by atomic mass is 10.0. The molecule has 2 fully saturated rings. The molecule has 2 saturated heterocycles. The highest BCUT2D eigenvalue weighted by molar-refractivity contribution is 7.99. The minimum atomic E-state index is -0.444. The molecule has 25 heavy (non-hydrogen) atoms. The van der Waals surface area contributed by atoms with Crippen molar-refractivity contribution in [1.82, 2.24) is 10.2 Å². The molecule has 0 aromatic heterocycles. The maximum atomic E-state index is 13.0. The molecule has 3 rings (SSSR count). The predicted molar refractivity (Wildman–Crippen MR) is 106 cm³/mol. The van der Waals surface area contributed by atoms with Gasteiger partial charge in [-0.3, -0.25) is 9.59 Å². The van der Waals surface area contributed by atoms with E-state index in [1.54, 1.807) is 0 Å². The van der Waals surface area contributed by atoms with E-state index >= 15 is 0 Å². The van der Waals surface area contributed by atoms with Gasteiger partial charge in [0, 0.05) is 6.04 Å². The minimum Gasteiger partial charge on any atom is -0.343 e. The number of hydrogen-bond donors (Lipinski definition) is 2. The Morgan fingerprint density at radius 1 is 1.32 bits per heavy atom. The van der Waals surface area contributed by atoms with Crippen molar-refractivity contribution in [3.05, 3.63) is 35.9 Å². The number of nitrogens with zero attached hydrogens (tertiary/aromatic N) is 1. The zero-order valence-electron chi connectivity index (χ0n) is 14.6. The van der Waals surface area contributed by atoms with Crippen molar-refractivity contribution in [2.24, 2.45) is 0 Å². The number of piperidine rings is 1. The molecular weight excluding hydrogens is 352 g/mol. The van der Waals surface area contributed by atoms with Crippen molar-refractivity contribution in [3.8, 4) is 0 Å². The Morgan fingerprint density at radius 3 is 2.84 bits per heavy atom. The summed E-state index contributed by atoms with van der Waals surface area (Å²) in [6.45, 7) is 2.12. The second-order valence-corrected chi connectivity index (χ2v) is 8.82. The molecule has 2 aliphatic rings. The normalized spacial score (nSPS) is 28.0. The number of thioether (sulfide) groups is 1. The van der Waals surface area contributed by atoms with Crippen LogP contribution in [0.5, 0.6) is 0 Å². The fourth-order valence-corrected chi connectivity index (χ4v) is 5.36. The molecular formula is C19H26N2O2S2. The van der Waals surface area contributed by atoms with E-state index in [4.69, 9.17) is 0 Å². The quantitative estimate of drug-likeness (QED) is 0.792. The van der Waals surface area contributed by atoms with Gasteiger partial charge in [-0.05, 0) is 50.3 Å². The number of carbonyl (C=O) groups excluding carboxylic acids is 2. The SMILES string of the molecule is CC1CCCC2SCCC(NC(=O)C(S)Cc3ccccc3)C(=O)N12. The minimum absolute atomic E-state index is 0.0794. The van der Waals surface area contributed by atoms with Gasteiger partial charge in [-0.1, -0.05) is 30.3 Å². The molecule has 2 amide bonds. The van der Waals surface area contributed by atoms with E-state index in [0.29, 0.717) is 12.8 Å². The monoisotopic (exact) mass is 378 g/mol. The topological polar surface area (TPSA) is 49.4 Å². The van der Waals surface area contributed by atoms with Crippen molar-refractivity contribution >= 4 is 36.2 Å². The molecule has 1 N–H and O–H groups in total. The largest absolute Gasteiger partial charge is 0.343 e. The van der Waals surface area contributed by atoms with Crippen LogP contribution in [-0.4, -0.2) is 45.2 Å². The first kappa shape index (κ1) is 18.6.